The molecule has 1 aromatic carbocycles. The van der Waals surface area contributed by atoms with Gasteiger partial charge in [-0.15, -0.1) is 0 Å². The molecule has 0 saturated carbocycles. The number of benzene rings is 1. The zero-order valence-electron chi connectivity index (χ0n) is 9.61. The SMILES string of the molecule is COc1ccc(Br)cc1C(O)c1coc(C)c1. The zero-order valence-corrected chi connectivity index (χ0v) is 11.2. The predicted octanol–water partition coefficient (Wildman–Crippen LogP) is 3.44. The molecule has 3 nitrogen and oxygen atoms in total. The minimum atomic E-state index is -0.750. The van der Waals surface area contributed by atoms with Crippen molar-refractivity contribution in [2.45, 2.75) is 13.0 Å². The summed E-state index contributed by atoms with van der Waals surface area (Å²) < 4.78 is 11.3. The first kappa shape index (κ1) is 12.2. The van der Waals surface area contributed by atoms with E-state index in [2.05, 4.69) is 15.9 Å². The lowest BCUT2D eigenvalue weighted by atomic mass is 10.0. The molecule has 0 saturated heterocycles. The topological polar surface area (TPSA) is 42.6 Å². The quantitative estimate of drug-likeness (QED) is 0.943. The van der Waals surface area contributed by atoms with E-state index in [1.165, 1.54) is 0 Å². The van der Waals surface area contributed by atoms with Gasteiger partial charge < -0.3 is 14.3 Å². The number of hydrogen-bond donors (Lipinski definition) is 1. The summed E-state index contributed by atoms with van der Waals surface area (Å²) in [4.78, 5) is 0. The second-order valence-corrected chi connectivity index (χ2v) is 4.70. The fourth-order valence-electron chi connectivity index (χ4n) is 1.71. The molecule has 0 aliphatic rings. The summed E-state index contributed by atoms with van der Waals surface area (Å²) in [6.45, 7) is 1.84. The van der Waals surface area contributed by atoms with Crippen LogP contribution in [0.25, 0.3) is 0 Å². The lowest BCUT2D eigenvalue weighted by Gasteiger charge is -2.13. The molecule has 4 heteroatoms. The molecule has 2 rings (SSSR count). The predicted molar refractivity (Wildman–Crippen MR) is 68.2 cm³/mol. The van der Waals surface area contributed by atoms with E-state index < -0.39 is 6.10 Å². The molecule has 0 fully saturated rings. The maximum absolute atomic E-state index is 10.3. The number of hydrogen-bond acceptors (Lipinski definition) is 3. The van der Waals surface area contributed by atoms with Crippen molar-refractivity contribution in [3.05, 3.63) is 51.9 Å². The Hall–Kier alpha value is -1.26. The highest BCUT2D eigenvalue weighted by Gasteiger charge is 2.17. The third kappa shape index (κ3) is 2.53. The normalized spacial score (nSPS) is 12.5. The fourth-order valence-corrected chi connectivity index (χ4v) is 2.08. The maximum atomic E-state index is 10.3. The molecule has 0 aliphatic carbocycles. The highest BCUT2D eigenvalue weighted by molar-refractivity contribution is 9.10. The van der Waals surface area contributed by atoms with Crippen LogP contribution in [0, 0.1) is 6.92 Å². The average molecular weight is 297 g/mol. The number of methoxy groups -OCH3 is 1. The van der Waals surface area contributed by atoms with Crippen LogP contribution in [0.2, 0.25) is 0 Å². The van der Waals surface area contributed by atoms with Crippen molar-refractivity contribution in [3.63, 3.8) is 0 Å². The molecule has 2 aromatic rings. The van der Waals surface area contributed by atoms with E-state index in [1.807, 2.05) is 31.2 Å². The van der Waals surface area contributed by atoms with Gasteiger partial charge in [0.05, 0.1) is 13.4 Å². The first-order chi connectivity index (χ1) is 8.11. The van der Waals surface area contributed by atoms with Crippen molar-refractivity contribution in [1.82, 2.24) is 0 Å². The number of halogens is 1. The zero-order chi connectivity index (χ0) is 12.4. The molecule has 0 aliphatic heterocycles. The molecule has 1 atom stereocenters. The molecule has 0 radical (unpaired) electrons. The van der Waals surface area contributed by atoms with Gasteiger partial charge in [-0.2, -0.15) is 0 Å². The third-order valence-corrected chi connectivity index (χ3v) is 3.05. The smallest absolute Gasteiger partial charge is 0.125 e. The molecule has 1 unspecified atom stereocenters. The minimum Gasteiger partial charge on any atom is -0.496 e. The monoisotopic (exact) mass is 296 g/mol. The third-order valence-electron chi connectivity index (χ3n) is 2.55. The van der Waals surface area contributed by atoms with E-state index in [0.717, 1.165) is 15.8 Å². The summed E-state index contributed by atoms with van der Waals surface area (Å²) in [5.41, 5.74) is 1.43. The first-order valence-electron chi connectivity index (χ1n) is 5.18. The summed E-state index contributed by atoms with van der Waals surface area (Å²) >= 11 is 3.38. The Balaban J connectivity index is 2.42. The van der Waals surface area contributed by atoms with Gasteiger partial charge in [0, 0.05) is 15.6 Å². The number of rotatable bonds is 3. The summed E-state index contributed by atoms with van der Waals surface area (Å²) in [5, 5.41) is 10.3. The van der Waals surface area contributed by atoms with Crippen LogP contribution in [-0.4, -0.2) is 12.2 Å². The standard InChI is InChI=1S/C13H13BrO3/c1-8-5-9(7-17-8)13(15)11-6-10(14)3-4-12(11)16-2/h3-7,13,15H,1-2H3. The van der Waals surface area contributed by atoms with Gasteiger partial charge in [-0.3, -0.25) is 0 Å². The van der Waals surface area contributed by atoms with Gasteiger partial charge in [-0.25, -0.2) is 0 Å². The van der Waals surface area contributed by atoms with Crippen molar-refractivity contribution < 1.29 is 14.3 Å². The van der Waals surface area contributed by atoms with Crippen molar-refractivity contribution in [1.29, 1.82) is 0 Å². The van der Waals surface area contributed by atoms with Gasteiger partial charge in [0.15, 0.2) is 0 Å². The average Bonchev–Trinajstić information content (AvgIpc) is 2.75. The van der Waals surface area contributed by atoms with E-state index in [4.69, 9.17) is 9.15 Å². The van der Waals surface area contributed by atoms with Crippen LogP contribution in [0.3, 0.4) is 0 Å². The second kappa shape index (κ2) is 4.94. The van der Waals surface area contributed by atoms with E-state index >= 15 is 0 Å². The Morgan fingerprint density at radius 2 is 2.12 bits per heavy atom. The summed E-state index contributed by atoms with van der Waals surface area (Å²) in [7, 11) is 1.58. The van der Waals surface area contributed by atoms with E-state index in [-0.39, 0.29) is 0 Å². The molecule has 17 heavy (non-hydrogen) atoms. The van der Waals surface area contributed by atoms with Crippen molar-refractivity contribution >= 4 is 15.9 Å². The van der Waals surface area contributed by atoms with Gasteiger partial charge in [-0.05, 0) is 31.2 Å². The molecule has 1 heterocycles. The van der Waals surface area contributed by atoms with Crippen molar-refractivity contribution in [3.8, 4) is 5.75 Å². The molecule has 1 aromatic heterocycles. The number of ether oxygens (including phenoxy) is 1. The van der Waals surface area contributed by atoms with Crippen LogP contribution in [0.1, 0.15) is 23.0 Å². The van der Waals surface area contributed by atoms with Crippen LogP contribution in [0.5, 0.6) is 5.75 Å². The summed E-state index contributed by atoms with van der Waals surface area (Å²) in [6, 6.07) is 7.34. The molecule has 0 bridgehead atoms. The number of furan rings is 1. The largest absolute Gasteiger partial charge is 0.496 e. The van der Waals surface area contributed by atoms with Crippen LogP contribution >= 0.6 is 15.9 Å². The van der Waals surface area contributed by atoms with Crippen molar-refractivity contribution in [2.75, 3.05) is 7.11 Å². The number of aryl methyl sites for hydroxylation is 1. The maximum Gasteiger partial charge on any atom is 0.125 e. The van der Waals surface area contributed by atoms with E-state index in [9.17, 15) is 5.11 Å². The molecule has 1 N–H and O–H groups in total. The van der Waals surface area contributed by atoms with Gasteiger partial charge in [-0.1, -0.05) is 15.9 Å². The minimum absolute atomic E-state index is 0.652. The van der Waals surface area contributed by atoms with Gasteiger partial charge >= 0.3 is 0 Å². The Morgan fingerprint density at radius 3 is 2.71 bits per heavy atom. The lowest BCUT2D eigenvalue weighted by molar-refractivity contribution is 0.213. The van der Waals surface area contributed by atoms with Crippen molar-refractivity contribution in [2.24, 2.45) is 0 Å². The fraction of sp³-hybridized carbons (Fsp3) is 0.231. The van der Waals surface area contributed by atoms with Crippen LogP contribution in [0.4, 0.5) is 0 Å². The lowest BCUT2D eigenvalue weighted by Crippen LogP contribution is -2.01. The summed E-state index contributed by atoms with van der Waals surface area (Å²) in [6.07, 6.45) is 0.806. The Kier molecular flexibility index (Phi) is 3.54. The molecular weight excluding hydrogens is 284 g/mol. The first-order valence-corrected chi connectivity index (χ1v) is 5.97. The highest BCUT2D eigenvalue weighted by Crippen LogP contribution is 2.32. The number of aliphatic hydroxyl groups is 1. The Bertz CT molecular complexity index is 519. The number of aliphatic hydroxyl groups excluding tert-OH is 1. The molecular formula is C13H13BrO3. The summed E-state index contributed by atoms with van der Waals surface area (Å²) in [5.74, 6) is 1.42. The molecule has 0 spiro atoms. The van der Waals surface area contributed by atoms with E-state index in [0.29, 0.717) is 11.3 Å². The Labute approximate surface area is 108 Å². The molecule has 0 amide bonds. The van der Waals surface area contributed by atoms with Gasteiger partial charge in [0.2, 0.25) is 0 Å². The van der Waals surface area contributed by atoms with Gasteiger partial charge in [0.25, 0.3) is 0 Å². The second-order valence-electron chi connectivity index (χ2n) is 3.78. The van der Waals surface area contributed by atoms with E-state index in [1.54, 1.807) is 13.4 Å². The van der Waals surface area contributed by atoms with Crippen LogP contribution in [0.15, 0.2) is 39.4 Å². The highest BCUT2D eigenvalue weighted by atomic mass is 79.9. The van der Waals surface area contributed by atoms with Gasteiger partial charge in [0.1, 0.15) is 17.6 Å². The Morgan fingerprint density at radius 1 is 1.35 bits per heavy atom. The van der Waals surface area contributed by atoms with Crippen LogP contribution < -0.4 is 4.74 Å². The molecule has 90 valence electrons. The van der Waals surface area contributed by atoms with Crippen LogP contribution in [-0.2, 0) is 0 Å².